The molecule has 4 heterocycles. The van der Waals surface area contributed by atoms with E-state index >= 15 is 0 Å². The number of rotatable bonds is 4. The molecule has 1 aromatic heterocycles. The van der Waals surface area contributed by atoms with Crippen molar-refractivity contribution in [3.8, 4) is 0 Å². The molecule has 4 aliphatic rings. The summed E-state index contributed by atoms with van der Waals surface area (Å²) < 4.78 is 29.7. The van der Waals surface area contributed by atoms with Crippen LogP contribution in [0.15, 0.2) is 56.1 Å². The Hall–Kier alpha value is -3.31. The minimum atomic E-state index is -3.71. The predicted octanol–water partition coefficient (Wildman–Crippen LogP) is 2.45. The molecule has 2 aromatic rings. The van der Waals surface area contributed by atoms with Crippen LogP contribution in [0.3, 0.4) is 0 Å². The quantitative estimate of drug-likeness (QED) is 0.638. The second kappa shape index (κ2) is 8.35. The standard InChI is InChI=1S/C26H30N6O4S/c1-17-13-20(24(34)32-22(17)23(33)30-26(32)11-7-4-8-12-26)29-25(2)19-14-31(15-21(19)27-16-28-25)37(35,36)18-9-5-3-6-10-18/h3,5-6,9-10,13,16,19,29H,4,7-8,11-12,14-15H2,1-2H3,(H,30,33). The molecule has 37 heavy (non-hydrogen) atoms. The Balaban J connectivity index is 1.35. The summed E-state index contributed by atoms with van der Waals surface area (Å²) in [6.07, 6.45) is 5.84. The van der Waals surface area contributed by atoms with E-state index in [1.165, 1.54) is 10.6 Å². The summed E-state index contributed by atoms with van der Waals surface area (Å²) in [6, 6.07) is 10.0. The number of aromatic nitrogens is 1. The molecule has 1 spiro atoms. The zero-order valence-electron chi connectivity index (χ0n) is 20.9. The van der Waals surface area contributed by atoms with Crippen molar-refractivity contribution in [1.29, 1.82) is 0 Å². The number of hydrogen-bond acceptors (Lipinski definition) is 7. The smallest absolute Gasteiger partial charge is 0.276 e. The van der Waals surface area contributed by atoms with Gasteiger partial charge >= 0.3 is 0 Å². The molecule has 1 saturated heterocycles. The highest BCUT2D eigenvalue weighted by Gasteiger charge is 2.49. The minimum absolute atomic E-state index is 0.162. The van der Waals surface area contributed by atoms with Gasteiger partial charge in [0.15, 0.2) is 0 Å². The third kappa shape index (κ3) is 3.66. The Morgan fingerprint density at radius 3 is 2.57 bits per heavy atom. The van der Waals surface area contributed by atoms with Crippen LogP contribution in [0.5, 0.6) is 0 Å². The molecule has 2 unspecified atom stereocenters. The average molecular weight is 523 g/mol. The Morgan fingerprint density at radius 2 is 1.84 bits per heavy atom. The third-order valence-corrected chi connectivity index (χ3v) is 10.0. The predicted molar refractivity (Wildman–Crippen MR) is 141 cm³/mol. The van der Waals surface area contributed by atoms with Crippen LogP contribution in [0.2, 0.25) is 0 Å². The van der Waals surface area contributed by atoms with Gasteiger partial charge in [-0.2, -0.15) is 4.31 Å². The number of nitrogens with zero attached hydrogens (tertiary/aromatic N) is 4. The van der Waals surface area contributed by atoms with Crippen LogP contribution in [0, 0.1) is 12.8 Å². The van der Waals surface area contributed by atoms with Gasteiger partial charge in [-0.1, -0.05) is 24.6 Å². The molecule has 1 amide bonds. The van der Waals surface area contributed by atoms with E-state index < -0.39 is 21.3 Å². The zero-order valence-corrected chi connectivity index (χ0v) is 21.7. The lowest BCUT2D eigenvalue weighted by Crippen LogP contribution is -2.51. The number of fused-ring (bicyclic) bond motifs is 3. The van der Waals surface area contributed by atoms with Crippen molar-refractivity contribution in [2.75, 3.05) is 18.4 Å². The third-order valence-electron chi connectivity index (χ3n) is 8.19. The van der Waals surface area contributed by atoms with E-state index in [4.69, 9.17) is 0 Å². The molecule has 3 aliphatic heterocycles. The van der Waals surface area contributed by atoms with Gasteiger partial charge in [0.25, 0.3) is 11.5 Å². The van der Waals surface area contributed by atoms with Gasteiger partial charge in [0.1, 0.15) is 29.0 Å². The van der Waals surface area contributed by atoms with Crippen molar-refractivity contribution >= 4 is 33.7 Å². The van der Waals surface area contributed by atoms with E-state index in [9.17, 15) is 18.0 Å². The number of aliphatic imine (C=N–C) groups is 2. The first-order valence-electron chi connectivity index (χ1n) is 12.7. The van der Waals surface area contributed by atoms with Gasteiger partial charge in [0.05, 0.1) is 17.4 Å². The SMILES string of the molecule is Cc1cc(NC2(C)N=CN=C3CN(S(=O)(=O)c4ccccc4)CC32)c(=O)n2c1C(=O)NC21CCCCC1. The molecule has 1 aliphatic carbocycles. The molecule has 2 fully saturated rings. The lowest BCUT2D eigenvalue weighted by atomic mass is 9.89. The summed E-state index contributed by atoms with van der Waals surface area (Å²) in [5.74, 6) is -0.575. The molecular formula is C26H30N6O4S. The molecule has 6 rings (SSSR count). The van der Waals surface area contributed by atoms with E-state index in [1.807, 2.05) is 13.8 Å². The summed E-state index contributed by atoms with van der Waals surface area (Å²) in [7, 11) is -3.71. The Labute approximate surface area is 215 Å². The van der Waals surface area contributed by atoms with Crippen LogP contribution in [-0.2, 0) is 15.7 Å². The van der Waals surface area contributed by atoms with Gasteiger partial charge in [-0.15, -0.1) is 0 Å². The van der Waals surface area contributed by atoms with E-state index in [0.29, 0.717) is 22.7 Å². The topological polar surface area (TPSA) is 125 Å². The molecule has 2 N–H and O–H groups in total. The number of aryl methyl sites for hydroxylation is 1. The molecule has 2 atom stereocenters. The van der Waals surface area contributed by atoms with E-state index in [2.05, 4.69) is 20.6 Å². The maximum absolute atomic E-state index is 13.9. The number of pyridine rings is 1. The Morgan fingerprint density at radius 1 is 1.11 bits per heavy atom. The molecule has 1 saturated carbocycles. The number of amides is 1. The number of carbonyl (C=O) groups excluding carboxylic acids is 1. The Bertz CT molecular complexity index is 1510. The van der Waals surface area contributed by atoms with Gasteiger partial charge in [-0.25, -0.2) is 18.4 Å². The van der Waals surface area contributed by atoms with Gasteiger partial charge < -0.3 is 10.6 Å². The summed E-state index contributed by atoms with van der Waals surface area (Å²) in [5.41, 5.74) is 0.205. The van der Waals surface area contributed by atoms with Crippen LogP contribution in [0.4, 0.5) is 5.69 Å². The molecule has 194 valence electrons. The fraction of sp³-hybridized carbons (Fsp3) is 0.462. The summed E-state index contributed by atoms with van der Waals surface area (Å²) in [5, 5.41) is 6.45. The normalized spacial score (nSPS) is 26.5. The van der Waals surface area contributed by atoms with Crippen LogP contribution in [0.1, 0.15) is 55.1 Å². The highest BCUT2D eigenvalue weighted by Crippen LogP contribution is 2.39. The van der Waals surface area contributed by atoms with Gasteiger partial charge in [0, 0.05) is 12.3 Å². The zero-order chi connectivity index (χ0) is 26.0. The van der Waals surface area contributed by atoms with Crippen LogP contribution >= 0.6 is 0 Å². The fourth-order valence-corrected chi connectivity index (χ4v) is 7.71. The fourth-order valence-electron chi connectivity index (χ4n) is 6.26. The highest BCUT2D eigenvalue weighted by atomic mass is 32.2. The van der Waals surface area contributed by atoms with Gasteiger partial charge in [-0.05, 0) is 63.3 Å². The van der Waals surface area contributed by atoms with Crippen LogP contribution in [-0.4, -0.2) is 54.0 Å². The maximum atomic E-state index is 13.9. The molecule has 11 heteroatoms. The van der Waals surface area contributed by atoms with E-state index in [-0.39, 0.29) is 35.4 Å². The van der Waals surface area contributed by atoms with Crippen molar-refractivity contribution in [2.24, 2.45) is 15.9 Å². The number of anilines is 1. The molecule has 0 radical (unpaired) electrons. The molecule has 1 aromatic carbocycles. The first-order chi connectivity index (χ1) is 17.6. The number of nitrogens with one attached hydrogen (secondary N) is 2. The van der Waals surface area contributed by atoms with Crippen LogP contribution < -0.4 is 16.2 Å². The monoisotopic (exact) mass is 522 g/mol. The van der Waals surface area contributed by atoms with Crippen molar-refractivity contribution in [3.05, 3.63) is 58.0 Å². The summed E-state index contributed by atoms with van der Waals surface area (Å²) >= 11 is 0. The maximum Gasteiger partial charge on any atom is 0.276 e. The summed E-state index contributed by atoms with van der Waals surface area (Å²) in [6.45, 7) is 4.04. The van der Waals surface area contributed by atoms with Crippen molar-refractivity contribution < 1.29 is 13.2 Å². The lowest BCUT2D eigenvalue weighted by Gasteiger charge is -2.37. The van der Waals surface area contributed by atoms with Crippen molar-refractivity contribution in [3.63, 3.8) is 0 Å². The van der Waals surface area contributed by atoms with Gasteiger partial charge in [0.2, 0.25) is 10.0 Å². The van der Waals surface area contributed by atoms with Gasteiger partial charge in [-0.3, -0.25) is 14.2 Å². The molecular weight excluding hydrogens is 492 g/mol. The molecule has 0 bridgehead atoms. The number of carbonyl (C=O) groups is 1. The van der Waals surface area contributed by atoms with Crippen molar-refractivity contribution in [2.45, 2.75) is 62.2 Å². The van der Waals surface area contributed by atoms with E-state index in [1.54, 1.807) is 41.0 Å². The van der Waals surface area contributed by atoms with E-state index in [0.717, 1.165) is 32.1 Å². The number of benzene rings is 1. The highest BCUT2D eigenvalue weighted by molar-refractivity contribution is 7.89. The number of hydrogen-bond donors (Lipinski definition) is 2. The first kappa shape index (κ1) is 24.1. The molecule has 10 nitrogen and oxygen atoms in total. The number of sulfonamides is 1. The largest absolute Gasteiger partial charge is 0.356 e. The first-order valence-corrected chi connectivity index (χ1v) is 14.1. The second-order valence-electron chi connectivity index (χ2n) is 10.6. The second-order valence-corrected chi connectivity index (χ2v) is 12.5. The van der Waals surface area contributed by atoms with Crippen molar-refractivity contribution in [1.82, 2.24) is 14.2 Å². The Kier molecular flexibility index (Phi) is 5.43. The minimum Gasteiger partial charge on any atom is -0.356 e. The summed E-state index contributed by atoms with van der Waals surface area (Å²) in [4.78, 5) is 36.0. The lowest BCUT2D eigenvalue weighted by molar-refractivity contribution is 0.0876. The average Bonchev–Trinajstić information content (AvgIpc) is 3.45. The van der Waals surface area contributed by atoms with Crippen LogP contribution in [0.25, 0.3) is 0 Å².